The van der Waals surface area contributed by atoms with Crippen molar-refractivity contribution >= 4 is 42.3 Å². The van der Waals surface area contributed by atoms with Crippen LogP contribution in [0.25, 0.3) is 0 Å². The van der Waals surface area contributed by atoms with Crippen molar-refractivity contribution < 1.29 is 39.3 Å². The number of aromatic amines is 1. The number of aliphatic hydroxyl groups excluding tert-OH is 1. The second-order valence-electron chi connectivity index (χ2n) is 6.71. The van der Waals surface area contributed by atoms with Crippen LogP contribution in [-0.4, -0.2) is 91.5 Å². The minimum Gasteiger partial charge on any atom is -0.481 e. The van der Waals surface area contributed by atoms with Crippen LogP contribution in [0.15, 0.2) is 12.5 Å². The third kappa shape index (κ3) is 8.91. The number of rotatable bonds is 14. The van der Waals surface area contributed by atoms with Crippen LogP contribution in [0, 0.1) is 0 Å². The first kappa shape index (κ1) is 26.9. The van der Waals surface area contributed by atoms with E-state index in [4.69, 9.17) is 10.8 Å². The maximum absolute atomic E-state index is 12.5. The van der Waals surface area contributed by atoms with Gasteiger partial charge in [-0.3, -0.25) is 19.2 Å². The Bertz CT molecular complexity index is 805. The Morgan fingerprint density at radius 2 is 1.62 bits per heavy atom. The first-order valence-electron chi connectivity index (χ1n) is 9.39. The molecule has 32 heavy (non-hydrogen) atoms. The quantitative estimate of drug-likeness (QED) is 0.121. The Balaban J connectivity index is 2.70. The lowest BCUT2D eigenvalue weighted by Gasteiger charge is -2.23. The summed E-state index contributed by atoms with van der Waals surface area (Å²) in [6, 6.07) is -5.30. The molecule has 1 heterocycles. The van der Waals surface area contributed by atoms with Gasteiger partial charge < -0.3 is 42.0 Å². The summed E-state index contributed by atoms with van der Waals surface area (Å²) in [7, 11) is 0. The smallest absolute Gasteiger partial charge is 0.326 e. The van der Waals surface area contributed by atoms with Crippen LogP contribution in [0.1, 0.15) is 18.5 Å². The van der Waals surface area contributed by atoms with E-state index in [1.807, 2.05) is 0 Å². The minimum absolute atomic E-state index is 0.0855. The average Bonchev–Trinajstić information content (AvgIpc) is 3.25. The third-order valence-electron chi connectivity index (χ3n) is 4.23. The monoisotopic (exact) mass is 474 g/mol. The van der Waals surface area contributed by atoms with Crippen LogP contribution in [0.2, 0.25) is 0 Å². The van der Waals surface area contributed by atoms with Crippen LogP contribution in [0.3, 0.4) is 0 Å². The molecular formula is C17H26N6O8S. The molecule has 4 unspecified atom stereocenters. The molecular weight excluding hydrogens is 448 g/mol. The Hall–Kier alpha value is -3.17. The van der Waals surface area contributed by atoms with E-state index in [1.54, 1.807) is 0 Å². The molecule has 0 bridgehead atoms. The fraction of sp³-hybridized carbons (Fsp3) is 0.529. The zero-order chi connectivity index (χ0) is 24.3. The summed E-state index contributed by atoms with van der Waals surface area (Å²) < 4.78 is 0. The standard InChI is InChI=1S/C17H26N6O8S/c18-9(1-2-13(25)26)14(27)22-11(5-24)15(28)23-12(6-32)16(29)21-10(17(30)31)3-8-4-19-7-20-8/h4,7,9-12,24,32H,1-3,5-6,18H2,(H,19,20)(H,21,29)(H,22,27)(H,23,28)(H,25,26)(H,30,31). The second-order valence-corrected chi connectivity index (χ2v) is 7.07. The lowest BCUT2D eigenvalue weighted by molar-refractivity contribution is -0.142. The molecule has 3 amide bonds. The van der Waals surface area contributed by atoms with Crippen molar-refractivity contribution in [2.24, 2.45) is 5.73 Å². The van der Waals surface area contributed by atoms with Crippen LogP contribution in [0.4, 0.5) is 0 Å². The SMILES string of the molecule is NC(CCC(=O)O)C(=O)NC(CO)C(=O)NC(CS)C(=O)NC(Cc1cnc[nH]1)C(=O)O. The van der Waals surface area contributed by atoms with Gasteiger partial charge in [-0.1, -0.05) is 0 Å². The number of aliphatic carboxylic acids is 2. The number of nitrogens with zero attached hydrogens (tertiary/aromatic N) is 1. The van der Waals surface area contributed by atoms with Crippen molar-refractivity contribution in [2.75, 3.05) is 12.4 Å². The van der Waals surface area contributed by atoms with Crippen LogP contribution >= 0.6 is 12.6 Å². The van der Waals surface area contributed by atoms with E-state index in [2.05, 4.69) is 38.5 Å². The molecule has 9 N–H and O–H groups in total. The zero-order valence-corrected chi connectivity index (χ0v) is 17.7. The number of carboxylic acids is 2. The maximum Gasteiger partial charge on any atom is 0.326 e. The molecule has 1 rings (SSSR count). The number of carbonyl (C=O) groups is 5. The predicted octanol–water partition coefficient (Wildman–Crippen LogP) is -3.39. The van der Waals surface area contributed by atoms with Gasteiger partial charge in [0.15, 0.2) is 0 Å². The highest BCUT2D eigenvalue weighted by molar-refractivity contribution is 7.80. The maximum atomic E-state index is 12.5. The molecule has 0 fully saturated rings. The van der Waals surface area contributed by atoms with Crippen molar-refractivity contribution in [2.45, 2.75) is 43.4 Å². The highest BCUT2D eigenvalue weighted by atomic mass is 32.1. The number of H-pyrrole nitrogens is 1. The lowest BCUT2D eigenvalue weighted by Crippen LogP contribution is -2.58. The van der Waals surface area contributed by atoms with Gasteiger partial charge in [0.05, 0.1) is 19.0 Å². The fourth-order valence-corrected chi connectivity index (χ4v) is 2.70. The van der Waals surface area contributed by atoms with Crippen molar-refractivity contribution in [1.82, 2.24) is 25.9 Å². The molecule has 1 aromatic heterocycles. The summed E-state index contributed by atoms with van der Waals surface area (Å²) in [5, 5.41) is 34.1. The molecule has 15 heteroatoms. The van der Waals surface area contributed by atoms with Gasteiger partial charge in [-0.25, -0.2) is 9.78 Å². The Morgan fingerprint density at radius 1 is 1.03 bits per heavy atom. The summed E-state index contributed by atoms with van der Waals surface area (Å²) in [4.78, 5) is 65.3. The number of carboxylic acid groups (broad SMARTS) is 2. The van der Waals surface area contributed by atoms with E-state index in [9.17, 15) is 34.2 Å². The summed E-state index contributed by atoms with van der Waals surface area (Å²) in [5.41, 5.74) is 6.02. The van der Waals surface area contributed by atoms with Gasteiger partial charge in [0, 0.05) is 30.5 Å². The molecule has 0 aliphatic carbocycles. The van der Waals surface area contributed by atoms with Crippen molar-refractivity contribution in [3.8, 4) is 0 Å². The molecule has 0 spiro atoms. The summed E-state index contributed by atoms with van der Waals surface area (Å²) in [6.45, 7) is -0.832. The number of nitrogens with two attached hydrogens (primary N) is 1. The molecule has 178 valence electrons. The van der Waals surface area contributed by atoms with Gasteiger partial charge in [0.2, 0.25) is 17.7 Å². The number of aromatic nitrogens is 2. The molecule has 14 nitrogen and oxygen atoms in total. The zero-order valence-electron chi connectivity index (χ0n) is 16.9. The van der Waals surface area contributed by atoms with E-state index >= 15 is 0 Å². The second kappa shape index (κ2) is 13.3. The highest BCUT2D eigenvalue weighted by Gasteiger charge is 2.29. The molecule has 0 saturated carbocycles. The highest BCUT2D eigenvalue weighted by Crippen LogP contribution is 2.01. The fourth-order valence-electron chi connectivity index (χ4n) is 2.44. The number of amides is 3. The summed E-state index contributed by atoms with van der Waals surface area (Å²) in [5.74, 6) is -5.33. The van der Waals surface area contributed by atoms with E-state index in [0.29, 0.717) is 5.69 Å². The average molecular weight is 474 g/mol. The number of hydrogen-bond donors (Lipinski definition) is 9. The van der Waals surface area contributed by atoms with E-state index < -0.39 is 60.4 Å². The van der Waals surface area contributed by atoms with E-state index in [-0.39, 0.29) is 25.0 Å². The molecule has 0 aromatic carbocycles. The number of imidazole rings is 1. The van der Waals surface area contributed by atoms with Crippen molar-refractivity contribution in [3.05, 3.63) is 18.2 Å². The number of hydrogen-bond acceptors (Lipinski definition) is 9. The normalized spacial score (nSPS) is 14.5. The minimum atomic E-state index is -1.48. The lowest BCUT2D eigenvalue weighted by atomic mass is 10.1. The van der Waals surface area contributed by atoms with Gasteiger partial charge in [-0.2, -0.15) is 12.6 Å². The molecule has 4 atom stereocenters. The summed E-state index contributed by atoms with van der Waals surface area (Å²) in [6.07, 6.45) is 2.11. The Labute approximate surface area is 187 Å². The third-order valence-corrected chi connectivity index (χ3v) is 4.60. The molecule has 0 radical (unpaired) electrons. The van der Waals surface area contributed by atoms with Crippen LogP contribution in [0.5, 0.6) is 0 Å². The number of aliphatic hydroxyl groups is 1. The van der Waals surface area contributed by atoms with Crippen molar-refractivity contribution in [3.63, 3.8) is 0 Å². The van der Waals surface area contributed by atoms with Crippen LogP contribution in [-0.2, 0) is 30.4 Å². The van der Waals surface area contributed by atoms with E-state index in [0.717, 1.165) is 0 Å². The molecule has 0 saturated heterocycles. The number of thiol groups is 1. The van der Waals surface area contributed by atoms with Crippen LogP contribution < -0.4 is 21.7 Å². The van der Waals surface area contributed by atoms with Gasteiger partial charge in [-0.15, -0.1) is 0 Å². The molecule has 1 aromatic rings. The van der Waals surface area contributed by atoms with Crippen molar-refractivity contribution in [1.29, 1.82) is 0 Å². The number of nitrogens with one attached hydrogen (secondary N) is 4. The predicted molar refractivity (Wildman–Crippen MR) is 112 cm³/mol. The van der Waals surface area contributed by atoms with Gasteiger partial charge in [0.25, 0.3) is 0 Å². The van der Waals surface area contributed by atoms with Gasteiger partial charge >= 0.3 is 11.9 Å². The first-order valence-corrected chi connectivity index (χ1v) is 10.0. The van der Waals surface area contributed by atoms with Gasteiger partial charge in [0.1, 0.15) is 18.1 Å². The topological polar surface area (TPSA) is 237 Å². The largest absolute Gasteiger partial charge is 0.481 e. The molecule has 0 aliphatic heterocycles. The summed E-state index contributed by atoms with van der Waals surface area (Å²) >= 11 is 3.98. The van der Waals surface area contributed by atoms with Gasteiger partial charge in [-0.05, 0) is 6.42 Å². The Kier molecular flexibility index (Phi) is 11.2. The number of carbonyl (C=O) groups excluding carboxylic acids is 3. The van der Waals surface area contributed by atoms with E-state index in [1.165, 1.54) is 12.5 Å². The first-order chi connectivity index (χ1) is 15.1. The molecule has 0 aliphatic rings. The Morgan fingerprint density at radius 3 is 2.12 bits per heavy atom.